The van der Waals surface area contributed by atoms with Crippen LogP contribution < -0.4 is 0 Å². The van der Waals surface area contributed by atoms with E-state index in [9.17, 15) is 9.59 Å². The summed E-state index contributed by atoms with van der Waals surface area (Å²) >= 11 is 0. The summed E-state index contributed by atoms with van der Waals surface area (Å²) in [7, 11) is 2.52. The fourth-order valence-corrected chi connectivity index (χ4v) is 3.24. The molecule has 0 saturated carbocycles. The van der Waals surface area contributed by atoms with Crippen LogP contribution >= 0.6 is 0 Å². The molecule has 2 heterocycles. The van der Waals surface area contributed by atoms with Gasteiger partial charge in [0.25, 0.3) is 0 Å². The summed E-state index contributed by atoms with van der Waals surface area (Å²) in [5.41, 5.74) is -1.32. The third-order valence-electron chi connectivity index (χ3n) is 4.27. The number of rotatable bonds is 3. The molecule has 0 amide bonds. The van der Waals surface area contributed by atoms with Crippen molar-refractivity contribution >= 4 is 11.9 Å². The first-order chi connectivity index (χ1) is 10.1. The van der Waals surface area contributed by atoms with E-state index in [4.69, 9.17) is 14.2 Å². The molecule has 0 aromatic heterocycles. The van der Waals surface area contributed by atoms with Crippen molar-refractivity contribution in [1.82, 2.24) is 0 Å². The number of carbonyl (C=O) groups is 2. The van der Waals surface area contributed by atoms with Crippen LogP contribution in [0, 0.1) is 5.41 Å². The average molecular weight is 288 g/mol. The highest BCUT2D eigenvalue weighted by atomic mass is 16.6. The van der Waals surface area contributed by atoms with Gasteiger partial charge in [0, 0.05) is 6.42 Å². The van der Waals surface area contributed by atoms with Gasteiger partial charge < -0.3 is 14.2 Å². The van der Waals surface area contributed by atoms with Gasteiger partial charge in [0.05, 0.1) is 14.2 Å². The Hall–Kier alpha value is -2.14. The Kier molecular flexibility index (Phi) is 3.10. The maximum atomic E-state index is 12.3. The maximum Gasteiger partial charge on any atom is 0.326 e. The lowest BCUT2D eigenvalue weighted by Crippen LogP contribution is -2.47. The summed E-state index contributed by atoms with van der Waals surface area (Å²) in [5, 5.41) is 0. The Morgan fingerprint density at radius 1 is 1.14 bits per heavy atom. The second-order valence-electron chi connectivity index (χ2n) is 5.28. The number of hydrogen-bond acceptors (Lipinski definition) is 5. The van der Waals surface area contributed by atoms with Gasteiger partial charge in [0.1, 0.15) is 11.7 Å². The predicted molar refractivity (Wildman–Crippen MR) is 73.2 cm³/mol. The first-order valence-electron chi connectivity index (χ1n) is 6.68. The first kappa shape index (κ1) is 13.8. The van der Waals surface area contributed by atoms with E-state index < -0.39 is 29.1 Å². The van der Waals surface area contributed by atoms with Crippen LogP contribution in [0.25, 0.3) is 0 Å². The molecule has 5 heteroatoms. The molecule has 0 spiro atoms. The molecular weight excluding hydrogens is 272 g/mol. The molecule has 1 aromatic rings. The number of hydrogen-bond donors (Lipinski definition) is 0. The SMILES string of the molecule is COC(=O)C1(C(=O)OC)CC2(c3ccccc3)C=CC1O2. The number of benzene rings is 1. The molecular formula is C16H16O5. The summed E-state index contributed by atoms with van der Waals surface area (Å²) in [6.45, 7) is 0. The summed E-state index contributed by atoms with van der Waals surface area (Å²) < 4.78 is 15.7. The molecule has 5 nitrogen and oxygen atoms in total. The van der Waals surface area contributed by atoms with Crippen molar-refractivity contribution in [2.45, 2.75) is 18.1 Å². The van der Waals surface area contributed by atoms with Crippen LogP contribution in [0.15, 0.2) is 42.5 Å². The highest BCUT2D eigenvalue weighted by Gasteiger charge is 2.67. The largest absolute Gasteiger partial charge is 0.468 e. The van der Waals surface area contributed by atoms with E-state index in [-0.39, 0.29) is 6.42 Å². The Morgan fingerprint density at radius 2 is 1.76 bits per heavy atom. The van der Waals surface area contributed by atoms with Crippen LogP contribution in [-0.4, -0.2) is 32.3 Å². The number of carbonyl (C=O) groups excluding carboxylic acids is 2. The first-order valence-corrected chi connectivity index (χ1v) is 6.68. The molecule has 0 N–H and O–H groups in total. The molecule has 2 bridgehead atoms. The summed E-state index contributed by atoms with van der Waals surface area (Å²) in [6, 6.07) is 9.52. The zero-order chi connectivity index (χ0) is 15.1. The van der Waals surface area contributed by atoms with E-state index in [1.54, 1.807) is 6.08 Å². The molecule has 1 aromatic carbocycles. The quantitative estimate of drug-likeness (QED) is 0.480. The normalized spacial score (nSPS) is 28.4. The molecule has 1 fully saturated rings. The van der Waals surface area contributed by atoms with Crippen molar-refractivity contribution in [3.8, 4) is 0 Å². The van der Waals surface area contributed by atoms with Crippen molar-refractivity contribution < 1.29 is 23.8 Å². The smallest absolute Gasteiger partial charge is 0.326 e. The summed E-state index contributed by atoms with van der Waals surface area (Å²) in [4.78, 5) is 24.5. The highest BCUT2D eigenvalue weighted by Crippen LogP contribution is 2.56. The van der Waals surface area contributed by atoms with Gasteiger partial charge in [-0.25, -0.2) is 0 Å². The molecule has 2 atom stereocenters. The third-order valence-corrected chi connectivity index (χ3v) is 4.27. The van der Waals surface area contributed by atoms with Crippen LogP contribution in [-0.2, 0) is 29.4 Å². The van der Waals surface area contributed by atoms with Crippen molar-refractivity contribution in [2.75, 3.05) is 14.2 Å². The molecule has 2 aliphatic rings. The van der Waals surface area contributed by atoms with Gasteiger partial charge >= 0.3 is 11.9 Å². The molecule has 2 unspecified atom stereocenters. The van der Waals surface area contributed by atoms with Crippen molar-refractivity contribution in [3.05, 3.63) is 48.0 Å². The lowest BCUT2D eigenvalue weighted by molar-refractivity contribution is -0.171. The molecule has 110 valence electrons. The second-order valence-corrected chi connectivity index (χ2v) is 5.28. The minimum absolute atomic E-state index is 0.185. The minimum Gasteiger partial charge on any atom is -0.468 e. The number of methoxy groups -OCH3 is 2. The monoisotopic (exact) mass is 288 g/mol. The van der Waals surface area contributed by atoms with E-state index >= 15 is 0 Å². The minimum atomic E-state index is -1.44. The zero-order valence-electron chi connectivity index (χ0n) is 11.9. The summed E-state index contributed by atoms with van der Waals surface area (Å²) in [6.07, 6.45) is 3.16. The van der Waals surface area contributed by atoms with Gasteiger partial charge in [-0.15, -0.1) is 0 Å². The molecule has 0 aliphatic carbocycles. The Balaban J connectivity index is 2.07. The fourth-order valence-electron chi connectivity index (χ4n) is 3.24. The Bertz CT molecular complexity index is 590. The fraction of sp³-hybridized carbons (Fsp3) is 0.375. The third kappa shape index (κ3) is 1.74. The maximum absolute atomic E-state index is 12.3. The van der Waals surface area contributed by atoms with Gasteiger partial charge in [-0.2, -0.15) is 0 Å². The van der Waals surface area contributed by atoms with Crippen molar-refractivity contribution in [3.63, 3.8) is 0 Å². The zero-order valence-corrected chi connectivity index (χ0v) is 11.9. The van der Waals surface area contributed by atoms with Gasteiger partial charge in [-0.3, -0.25) is 9.59 Å². The molecule has 21 heavy (non-hydrogen) atoms. The van der Waals surface area contributed by atoms with E-state index in [1.807, 2.05) is 36.4 Å². The van der Waals surface area contributed by atoms with Crippen LogP contribution in [0.1, 0.15) is 12.0 Å². The van der Waals surface area contributed by atoms with Gasteiger partial charge in [0.2, 0.25) is 0 Å². The van der Waals surface area contributed by atoms with Crippen LogP contribution in [0.4, 0.5) is 0 Å². The van der Waals surface area contributed by atoms with Crippen molar-refractivity contribution in [2.24, 2.45) is 5.41 Å². The van der Waals surface area contributed by atoms with E-state index in [0.717, 1.165) is 5.56 Å². The highest BCUT2D eigenvalue weighted by molar-refractivity contribution is 6.02. The molecule has 3 rings (SSSR count). The van der Waals surface area contributed by atoms with Crippen LogP contribution in [0.2, 0.25) is 0 Å². The Labute approximate surface area is 122 Å². The van der Waals surface area contributed by atoms with E-state index in [1.165, 1.54) is 14.2 Å². The Morgan fingerprint density at radius 3 is 2.33 bits per heavy atom. The van der Waals surface area contributed by atoms with Gasteiger partial charge in [-0.1, -0.05) is 36.4 Å². The second kappa shape index (κ2) is 4.70. The van der Waals surface area contributed by atoms with Gasteiger partial charge in [-0.05, 0) is 11.6 Å². The number of ether oxygens (including phenoxy) is 3. The lowest BCUT2D eigenvalue weighted by Gasteiger charge is -2.29. The summed E-state index contributed by atoms with van der Waals surface area (Å²) in [5.74, 6) is -1.25. The van der Waals surface area contributed by atoms with Crippen LogP contribution in [0.5, 0.6) is 0 Å². The molecule has 2 aliphatic heterocycles. The van der Waals surface area contributed by atoms with Crippen LogP contribution in [0.3, 0.4) is 0 Å². The number of fused-ring (bicyclic) bond motifs is 2. The average Bonchev–Trinajstić information content (AvgIpc) is 3.12. The van der Waals surface area contributed by atoms with E-state index in [2.05, 4.69) is 0 Å². The lowest BCUT2D eigenvalue weighted by atomic mass is 9.71. The topological polar surface area (TPSA) is 61.8 Å². The molecule has 1 saturated heterocycles. The van der Waals surface area contributed by atoms with Crippen molar-refractivity contribution in [1.29, 1.82) is 0 Å². The number of esters is 2. The van der Waals surface area contributed by atoms with E-state index in [0.29, 0.717) is 0 Å². The molecule has 0 radical (unpaired) electrons. The standard InChI is InChI=1S/C16H16O5/c1-19-13(17)16(14(18)20-2)10-15(9-8-12(16)21-15)11-6-4-3-5-7-11/h3-9,12H,10H2,1-2H3. The van der Waals surface area contributed by atoms with Gasteiger partial charge in [0.15, 0.2) is 5.41 Å². The predicted octanol–water partition coefficient (Wildman–Crippen LogP) is 1.57.